The molecule has 0 aliphatic carbocycles. The van der Waals surface area contributed by atoms with Crippen LogP contribution in [0.15, 0.2) is 6.20 Å². The molecule has 1 aromatic rings. The molecule has 20 heavy (non-hydrogen) atoms. The number of ether oxygens (including phenoxy) is 1. The minimum absolute atomic E-state index is 0.348. The quantitative estimate of drug-likeness (QED) is 0.925. The fourth-order valence-corrected chi connectivity index (χ4v) is 3.66. The van der Waals surface area contributed by atoms with Crippen molar-refractivity contribution in [1.29, 1.82) is 0 Å². The minimum atomic E-state index is 0.348. The van der Waals surface area contributed by atoms with Gasteiger partial charge in [-0.25, -0.2) is 4.98 Å². The first-order valence-electron chi connectivity index (χ1n) is 7.19. The van der Waals surface area contributed by atoms with Gasteiger partial charge in [0.05, 0.1) is 13.3 Å². The summed E-state index contributed by atoms with van der Waals surface area (Å²) in [7, 11) is 3.82. The Morgan fingerprint density at radius 1 is 1.40 bits per heavy atom. The van der Waals surface area contributed by atoms with Crippen LogP contribution in [0, 0.1) is 5.92 Å². The third-order valence-electron chi connectivity index (χ3n) is 4.66. The summed E-state index contributed by atoms with van der Waals surface area (Å²) in [4.78, 5) is 10.8. The molecule has 0 amide bonds. The highest BCUT2D eigenvalue weighted by molar-refractivity contribution is 6.32. The van der Waals surface area contributed by atoms with Crippen molar-refractivity contribution in [3.63, 3.8) is 0 Å². The molecule has 5 nitrogen and oxygen atoms in total. The summed E-state index contributed by atoms with van der Waals surface area (Å²) in [6, 6.07) is 1.87. The van der Waals surface area contributed by atoms with Crippen LogP contribution in [-0.2, 0) is 0 Å². The van der Waals surface area contributed by atoms with Crippen LogP contribution in [-0.4, -0.2) is 47.7 Å². The molecular weight excluding hydrogens is 276 g/mol. The Labute approximate surface area is 124 Å². The van der Waals surface area contributed by atoms with E-state index in [2.05, 4.69) is 27.2 Å². The third kappa shape index (κ3) is 2.69. The molecule has 0 radical (unpaired) electrons. The largest absolute Gasteiger partial charge is 0.467 e. The number of hydrogen-bond donors (Lipinski definition) is 1. The zero-order valence-electron chi connectivity index (χ0n) is 12.0. The monoisotopic (exact) mass is 296 g/mol. The molecule has 0 aromatic carbocycles. The second kappa shape index (κ2) is 5.74. The molecule has 110 valence electrons. The van der Waals surface area contributed by atoms with E-state index in [1.54, 1.807) is 13.3 Å². The van der Waals surface area contributed by atoms with Gasteiger partial charge in [-0.1, -0.05) is 11.6 Å². The first kappa shape index (κ1) is 13.9. The molecule has 2 aliphatic heterocycles. The van der Waals surface area contributed by atoms with E-state index in [9.17, 15) is 0 Å². The summed E-state index contributed by atoms with van der Waals surface area (Å²) < 4.78 is 5.03. The van der Waals surface area contributed by atoms with E-state index in [-0.39, 0.29) is 0 Å². The van der Waals surface area contributed by atoms with Gasteiger partial charge in [-0.15, -0.1) is 0 Å². The average molecular weight is 297 g/mol. The minimum Gasteiger partial charge on any atom is -0.467 e. The smallest absolute Gasteiger partial charge is 0.318 e. The SMILES string of the molecule is COc1ncc(Cl)c(NCC2CC3CCC(C2)N3C)n1. The molecule has 0 saturated carbocycles. The lowest BCUT2D eigenvalue weighted by Crippen LogP contribution is -2.41. The molecule has 3 heterocycles. The van der Waals surface area contributed by atoms with Crippen molar-refractivity contribution in [2.45, 2.75) is 37.8 Å². The van der Waals surface area contributed by atoms with Gasteiger partial charge >= 0.3 is 6.01 Å². The lowest BCUT2D eigenvalue weighted by Gasteiger charge is -2.36. The van der Waals surface area contributed by atoms with E-state index in [4.69, 9.17) is 16.3 Å². The van der Waals surface area contributed by atoms with Crippen molar-refractivity contribution in [1.82, 2.24) is 14.9 Å². The lowest BCUT2D eigenvalue weighted by atomic mass is 9.91. The molecule has 1 aromatic heterocycles. The first-order valence-corrected chi connectivity index (χ1v) is 7.57. The molecule has 2 bridgehead atoms. The first-order chi connectivity index (χ1) is 9.67. The number of piperidine rings is 1. The summed E-state index contributed by atoms with van der Waals surface area (Å²) in [5, 5.41) is 3.90. The molecule has 2 atom stereocenters. The van der Waals surface area contributed by atoms with Crippen LogP contribution in [0.2, 0.25) is 5.02 Å². The Hall–Kier alpha value is -1.07. The number of rotatable bonds is 4. The molecule has 2 fully saturated rings. The van der Waals surface area contributed by atoms with Gasteiger partial charge in [0.2, 0.25) is 0 Å². The van der Waals surface area contributed by atoms with E-state index in [1.807, 2.05) is 0 Å². The van der Waals surface area contributed by atoms with Gasteiger partial charge in [-0.2, -0.15) is 4.98 Å². The summed E-state index contributed by atoms with van der Waals surface area (Å²) in [6.07, 6.45) is 6.80. The summed E-state index contributed by atoms with van der Waals surface area (Å²) in [6.45, 7) is 0.917. The average Bonchev–Trinajstić information content (AvgIpc) is 2.67. The van der Waals surface area contributed by atoms with Crippen molar-refractivity contribution in [2.75, 3.05) is 26.0 Å². The number of fused-ring (bicyclic) bond motifs is 2. The molecule has 2 unspecified atom stereocenters. The Morgan fingerprint density at radius 3 is 2.75 bits per heavy atom. The third-order valence-corrected chi connectivity index (χ3v) is 4.94. The van der Waals surface area contributed by atoms with Crippen molar-refractivity contribution in [3.8, 4) is 6.01 Å². The number of anilines is 1. The van der Waals surface area contributed by atoms with E-state index in [0.29, 0.717) is 22.8 Å². The second-order valence-electron chi connectivity index (χ2n) is 5.82. The topological polar surface area (TPSA) is 50.3 Å². The number of nitrogens with one attached hydrogen (secondary N) is 1. The molecule has 0 spiro atoms. The van der Waals surface area contributed by atoms with Crippen LogP contribution >= 0.6 is 11.6 Å². The normalized spacial score (nSPS) is 29.4. The van der Waals surface area contributed by atoms with Crippen molar-refractivity contribution in [3.05, 3.63) is 11.2 Å². The van der Waals surface area contributed by atoms with Crippen LogP contribution in [0.5, 0.6) is 6.01 Å². The van der Waals surface area contributed by atoms with Gasteiger partial charge < -0.3 is 15.0 Å². The highest BCUT2D eigenvalue weighted by atomic mass is 35.5. The van der Waals surface area contributed by atoms with E-state index >= 15 is 0 Å². The Balaban J connectivity index is 1.60. The van der Waals surface area contributed by atoms with Gasteiger partial charge in [0.1, 0.15) is 5.02 Å². The van der Waals surface area contributed by atoms with Crippen molar-refractivity contribution >= 4 is 17.4 Å². The highest BCUT2D eigenvalue weighted by Crippen LogP contribution is 2.37. The van der Waals surface area contributed by atoms with Gasteiger partial charge in [-0.05, 0) is 38.6 Å². The maximum Gasteiger partial charge on any atom is 0.318 e. The lowest BCUT2D eigenvalue weighted by molar-refractivity contribution is 0.139. The predicted octanol–water partition coefficient (Wildman–Crippen LogP) is 2.42. The number of nitrogens with zero attached hydrogens (tertiary/aromatic N) is 3. The van der Waals surface area contributed by atoms with Crippen LogP contribution in [0.1, 0.15) is 25.7 Å². The highest BCUT2D eigenvalue weighted by Gasteiger charge is 2.38. The Morgan fingerprint density at radius 2 is 2.10 bits per heavy atom. The standard InChI is InChI=1S/C14H21ClN4O/c1-19-10-3-4-11(19)6-9(5-10)7-16-13-12(15)8-17-14(18-13)20-2/h8-11H,3-7H2,1-2H3,(H,16,17,18). The van der Waals surface area contributed by atoms with Crippen molar-refractivity contribution < 1.29 is 4.74 Å². The van der Waals surface area contributed by atoms with Gasteiger partial charge in [0.25, 0.3) is 0 Å². The predicted molar refractivity (Wildman–Crippen MR) is 79.4 cm³/mol. The molecule has 1 N–H and O–H groups in total. The van der Waals surface area contributed by atoms with Crippen LogP contribution < -0.4 is 10.1 Å². The second-order valence-corrected chi connectivity index (χ2v) is 6.23. The summed E-state index contributed by atoms with van der Waals surface area (Å²) >= 11 is 6.11. The van der Waals surface area contributed by atoms with Gasteiger partial charge in [0, 0.05) is 18.6 Å². The zero-order valence-corrected chi connectivity index (χ0v) is 12.7. The van der Waals surface area contributed by atoms with E-state index < -0.39 is 0 Å². The van der Waals surface area contributed by atoms with Crippen LogP contribution in [0.3, 0.4) is 0 Å². The molecular formula is C14H21ClN4O. The van der Waals surface area contributed by atoms with Gasteiger partial charge in [-0.3, -0.25) is 0 Å². The fourth-order valence-electron chi connectivity index (χ4n) is 3.51. The Kier molecular flexibility index (Phi) is 3.98. The fraction of sp³-hybridized carbons (Fsp3) is 0.714. The number of methoxy groups -OCH3 is 1. The van der Waals surface area contributed by atoms with E-state index in [0.717, 1.165) is 18.6 Å². The van der Waals surface area contributed by atoms with Crippen LogP contribution in [0.25, 0.3) is 0 Å². The van der Waals surface area contributed by atoms with Crippen LogP contribution in [0.4, 0.5) is 5.82 Å². The molecule has 2 aliphatic rings. The van der Waals surface area contributed by atoms with E-state index in [1.165, 1.54) is 25.7 Å². The van der Waals surface area contributed by atoms with Gasteiger partial charge in [0.15, 0.2) is 5.82 Å². The molecule has 2 saturated heterocycles. The molecule has 6 heteroatoms. The number of aromatic nitrogens is 2. The number of hydrogen-bond acceptors (Lipinski definition) is 5. The maximum absolute atomic E-state index is 6.11. The molecule has 3 rings (SSSR count). The summed E-state index contributed by atoms with van der Waals surface area (Å²) in [5.74, 6) is 1.37. The zero-order chi connectivity index (χ0) is 14.1. The maximum atomic E-state index is 6.11. The van der Waals surface area contributed by atoms with Crippen molar-refractivity contribution in [2.24, 2.45) is 5.92 Å². The Bertz CT molecular complexity index is 470. The number of halogens is 1. The summed E-state index contributed by atoms with van der Waals surface area (Å²) in [5.41, 5.74) is 0.